The van der Waals surface area contributed by atoms with Crippen LogP contribution in [0.15, 0.2) is 56.2 Å². The second-order valence-corrected chi connectivity index (χ2v) is 8.35. The molecule has 0 aliphatic rings. The highest BCUT2D eigenvalue weighted by Gasteiger charge is 1.98. The molecule has 3 aromatic rings. The molecule has 3 heterocycles. The van der Waals surface area contributed by atoms with Crippen molar-refractivity contribution in [1.82, 2.24) is 13.7 Å². The highest BCUT2D eigenvalue weighted by Crippen LogP contribution is 1.93. The van der Waals surface area contributed by atoms with Gasteiger partial charge in [-0.1, -0.05) is 40.0 Å². The lowest BCUT2D eigenvalue weighted by Crippen LogP contribution is -2.23. The largest absolute Gasteiger partial charge is 0.447 e. The number of aryl methyl sites for hydroxylation is 6. The van der Waals surface area contributed by atoms with E-state index in [1.54, 1.807) is 0 Å². The highest BCUT2D eigenvalue weighted by molar-refractivity contribution is 5.40. The lowest BCUT2D eigenvalue weighted by molar-refractivity contribution is -0.671. The Kier molecular flexibility index (Phi) is 30.2. The molecule has 12 nitrogen and oxygen atoms in total. The van der Waals surface area contributed by atoms with Crippen LogP contribution < -0.4 is 13.7 Å². The van der Waals surface area contributed by atoms with Gasteiger partial charge in [0.15, 0.2) is 0 Å². The van der Waals surface area contributed by atoms with Crippen LogP contribution in [0.4, 0.5) is 0 Å². The molecular formula is C27H48N12. The van der Waals surface area contributed by atoms with E-state index in [4.69, 9.17) is 32.5 Å². The first-order valence-corrected chi connectivity index (χ1v) is 12.9. The predicted octanol–water partition coefficient (Wildman–Crippen LogP) is 4.26. The normalized spacial score (nSPS) is 8.46. The van der Waals surface area contributed by atoms with Gasteiger partial charge in [-0.3, -0.25) is 0 Å². The first-order chi connectivity index (χ1) is 18.7. The minimum Gasteiger partial charge on any atom is -0.447 e. The minimum atomic E-state index is 1.00. The fraction of sp³-hybridized carbons (Fsp3) is 0.556. The molecule has 0 saturated heterocycles. The van der Waals surface area contributed by atoms with Gasteiger partial charge in [-0.25, -0.2) is 27.4 Å². The summed E-state index contributed by atoms with van der Waals surface area (Å²) in [6.45, 7) is 10.1. The quantitative estimate of drug-likeness (QED) is 0.261. The number of hydrogen-bond donors (Lipinski definition) is 3. The van der Waals surface area contributed by atoms with Crippen molar-refractivity contribution in [3.63, 3.8) is 0 Å². The van der Waals surface area contributed by atoms with Crippen LogP contribution >= 0.6 is 0 Å². The van der Waals surface area contributed by atoms with E-state index in [1.807, 2.05) is 21.1 Å². The predicted molar refractivity (Wildman–Crippen MR) is 155 cm³/mol. The smallest absolute Gasteiger partial charge is 0.243 e. The second kappa shape index (κ2) is 30.0. The van der Waals surface area contributed by atoms with Crippen LogP contribution in [0.1, 0.15) is 59.3 Å². The number of nitrogens with one attached hydrogen (secondary N) is 3. The van der Waals surface area contributed by atoms with E-state index in [9.17, 15) is 0 Å². The van der Waals surface area contributed by atoms with Crippen LogP contribution in [0, 0.1) is 16.2 Å². The number of nitrogens with zero attached hydrogens (tertiary/aromatic N) is 9. The van der Waals surface area contributed by atoms with E-state index in [1.165, 1.54) is 38.5 Å². The minimum absolute atomic E-state index is 1.00. The molecule has 0 saturated carbocycles. The maximum Gasteiger partial charge on any atom is 0.243 e. The monoisotopic (exact) mass is 540 g/mol. The summed E-state index contributed by atoms with van der Waals surface area (Å²) in [4.78, 5) is 0. The molecule has 0 atom stereocenters. The van der Waals surface area contributed by atoms with Gasteiger partial charge in [-0.15, -0.1) is 0 Å². The van der Waals surface area contributed by atoms with Crippen molar-refractivity contribution >= 4 is 18.0 Å². The summed E-state index contributed by atoms with van der Waals surface area (Å²) in [6.07, 6.45) is 26.5. The molecule has 3 aromatic heterocycles. The third kappa shape index (κ3) is 28.2. The Balaban J connectivity index is -0.000000432. The molecule has 0 spiro atoms. The molecular weight excluding hydrogens is 492 g/mol. The summed E-state index contributed by atoms with van der Waals surface area (Å²) in [5.74, 6) is 0. The zero-order valence-corrected chi connectivity index (χ0v) is 24.6. The summed E-state index contributed by atoms with van der Waals surface area (Å²) in [5.41, 5.74) is 0. The number of imidazole rings is 3. The molecule has 0 unspecified atom stereocenters. The maximum absolute atomic E-state index is 6.99. The summed E-state index contributed by atoms with van der Waals surface area (Å²) < 4.78 is 12.8. The van der Waals surface area contributed by atoms with Crippen molar-refractivity contribution in [3.8, 4) is 0 Å². The molecule has 3 N–H and O–H groups in total. The number of rotatable bonds is 9. The van der Waals surface area contributed by atoms with Gasteiger partial charge in [0.2, 0.25) is 19.0 Å². The maximum atomic E-state index is 6.99. The molecule has 39 heavy (non-hydrogen) atoms. The zero-order chi connectivity index (χ0) is 30.3. The molecule has 0 fully saturated rings. The van der Waals surface area contributed by atoms with Gasteiger partial charge in [-0.05, 0) is 19.3 Å². The van der Waals surface area contributed by atoms with Gasteiger partial charge in [-0.2, -0.15) is 18.0 Å². The van der Waals surface area contributed by atoms with E-state index in [-0.39, 0.29) is 0 Å². The number of hydrogen-bond acceptors (Lipinski definition) is 3. The van der Waals surface area contributed by atoms with Crippen molar-refractivity contribution in [2.24, 2.45) is 21.1 Å². The van der Waals surface area contributed by atoms with Gasteiger partial charge >= 0.3 is 0 Å². The molecule has 0 aliphatic carbocycles. The SMILES string of the molecule is CCCCn1cc[n+](C)c1.CCCCn1cc[n+](C)c1.CCCCn1cc[n+](C)c1.[N-]=C=N.[N-]=C=N.[N-]=C=N. The molecule has 0 bridgehead atoms. The first-order valence-electron chi connectivity index (χ1n) is 12.9. The van der Waals surface area contributed by atoms with Gasteiger partial charge in [0, 0.05) is 0 Å². The Hall–Kier alpha value is -4.23. The van der Waals surface area contributed by atoms with Crippen molar-refractivity contribution in [3.05, 3.63) is 72.4 Å². The van der Waals surface area contributed by atoms with Crippen molar-refractivity contribution in [2.45, 2.75) is 78.9 Å². The van der Waals surface area contributed by atoms with Crippen LogP contribution in [0.3, 0.4) is 0 Å². The number of aromatic nitrogens is 6. The first kappa shape index (κ1) is 39.3. The molecule has 216 valence electrons. The average molecular weight is 541 g/mol. The molecule has 12 heteroatoms. The van der Waals surface area contributed by atoms with Gasteiger partial charge in [0.05, 0.1) is 40.8 Å². The van der Waals surface area contributed by atoms with Crippen molar-refractivity contribution in [2.75, 3.05) is 0 Å². The third-order valence-corrected chi connectivity index (χ3v) is 4.78. The summed E-state index contributed by atoms with van der Waals surface area (Å²) in [6, 6.07) is 3.00. The van der Waals surface area contributed by atoms with Crippen LogP contribution in [-0.4, -0.2) is 31.7 Å². The van der Waals surface area contributed by atoms with E-state index in [0.29, 0.717) is 0 Å². The molecule has 0 radical (unpaired) electrons. The van der Waals surface area contributed by atoms with E-state index in [0.717, 1.165) is 37.7 Å². The third-order valence-electron chi connectivity index (χ3n) is 4.78. The lowest BCUT2D eigenvalue weighted by atomic mass is 10.3. The summed E-state index contributed by atoms with van der Waals surface area (Å²) in [5, 5.41) is 37.5. The standard InChI is InChI=1S/3C8H15N2.3CHN2/c3*1-3-4-5-10-7-6-9(2)8-10;3*2-1-3/h3*6-8H,3-5H2,1-2H3;3*2H/q3*+1;3*-1. The van der Waals surface area contributed by atoms with Gasteiger partial charge in [0.1, 0.15) is 37.2 Å². The van der Waals surface area contributed by atoms with E-state index in [2.05, 4.69) is 104 Å². The summed E-state index contributed by atoms with van der Waals surface area (Å²) in [7, 11) is 6.13. The average Bonchev–Trinajstić information content (AvgIpc) is 3.64. The van der Waals surface area contributed by atoms with Crippen LogP contribution in [0.2, 0.25) is 0 Å². The van der Waals surface area contributed by atoms with Gasteiger partial charge in [0.25, 0.3) is 0 Å². The molecule has 3 rings (SSSR count). The van der Waals surface area contributed by atoms with Gasteiger partial charge < -0.3 is 32.5 Å². The topological polar surface area (TPSA) is 165 Å². The zero-order valence-electron chi connectivity index (χ0n) is 24.6. The Morgan fingerprint density at radius 2 is 0.744 bits per heavy atom. The van der Waals surface area contributed by atoms with Crippen LogP contribution in [-0.2, 0) is 40.8 Å². The van der Waals surface area contributed by atoms with Crippen LogP contribution in [0.5, 0.6) is 0 Å². The molecule has 0 amide bonds. The Labute approximate surface area is 234 Å². The van der Waals surface area contributed by atoms with E-state index >= 15 is 0 Å². The lowest BCUT2D eigenvalue weighted by Gasteiger charge is -1.90. The van der Waals surface area contributed by atoms with Crippen molar-refractivity contribution < 1.29 is 13.7 Å². The fourth-order valence-electron chi connectivity index (χ4n) is 2.92. The highest BCUT2D eigenvalue weighted by atomic mass is 15.1. The van der Waals surface area contributed by atoms with Crippen molar-refractivity contribution in [1.29, 1.82) is 16.2 Å². The Bertz CT molecular complexity index is 909. The number of unbranched alkanes of at least 4 members (excludes halogenated alkanes) is 3. The Morgan fingerprint density at radius 3 is 0.872 bits per heavy atom. The van der Waals surface area contributed by atoms with Crippen LogP contribution in [0.25, 0.3) is 16.2 Å². The summed E-state index contributed by atoms with van der Waals surface area (Å²) >= 11 is 0. The second-order valence-electron chi connectivity index (χ2n) is 8.35. The fourth-order valence-corrected chi connectivity index (χ4v) is 2.92. The van der Waals surface area contributed by atoms with E-state index < -0.39 is 0 Å². The molecule has 0 aliphatic heterocycles. The Morgan fingerprint density at radius 1 is 0.538 bits per heavy atom. The molecule has 0 aromatic carbocycles.